The average Bonchev–Trinajstić information content (AvgIpc) is 2.77. The Hall–Kier alpha value is -2.12. The lowest BCUT2D eigenvalue weighted by atomic mass is 10.1. The van der Waals surface area contributed by atoms with Gasteiger partial charge in [-0.05, 0) is 44.9 Å². The van der Waals surface area contributed by atoms with Gasteiger partial charge in [-0.1, -0.05) is 30.8 Å². The summed E-state index contributed by atoms with van der Waals surface area (Å²) in [5.74, 6) is 1.75. The van der Waals surface area contributed by atoms with E-state index in [1.807, 2.05) is 32.0 Å². The molecule has 7 heteroatoms. The van der Waals surface area contributed by atoms with E-state index < -0.39 is 0 Å². The van der Waals surface area contributed by atoms with Crippen LogP contribution in [0.5, 0.6) is 0 Å². The Balaban J connectivity index is 1.69. The summed E-state index contributed by atoms with van der Waals surface area (Å²) in [4.78, 5) is 25.9. The minimum Gasteiger partial charge on any atom is -0.350 e. The van der Waals surface area contributed by atoms with Crippen molar-refractivity contribution in [2.75, 3.05) is 37.6 Å². The van der Waals surface area contributed by atoms with Crippen molar-refractivity contribution in [2.45, 2.75) is 51.1 Å². The Labute approximate surface area is 184 Å². The number of carbonyl (C=O) groups is 1. The SMILES string of the molecule is CCc1cc(N2CC[NH+](CC)CC2)nc(SCc2cccc(C(=O)NC(C)C)c2)n1. The normalized spacial score (nSPS) is 14.9. The van der Waals surface area contributed by atoms with Crippen LogP contribution in [0, 0.1) is 0 Å². The Kier molecular flexibility index (Phi) is 8.10. The van der Waals surface area contributed by atoms with Crippen molar-refractivity contribution in [3.8, 4) is 0 Å². The summed E-state index contributed by atoms with van der Waals surface area (Å²) >= 11 is 1.63. The first-order valence-electron chi connectivity index (χ1n) is 11.0. The highest BCUT2D eigenvalue weighted by Crippen LogP contribution is 2.24. The number of nitrogens with one attached hydrogen (secondary N) is 2. The third kappa shape index (κ3) is 6.19. The zero-order valence-corrected chi connectivity index (χ0v) is 19.4. The number of thioether (sulfide) groups is 1. The highest BCUT2D eigenvalue weighted by molar-refractivity contribution is 7.98. The zero-order valence-electron chi connectivity index (χ0n) is 18.6. The predicted octanol–water partition coefficient (Wildman–Crippen LogP) is 2.19. The molecule has 0 spiro atoms. The van der Waals surface area contributed by atoms with Crippen LogP contribution in [0.25, 0.3) is 0 Å². The van der Waals surface area contributed by atoms with E-state index in [1.54, 1.807) is 16.7 Å². The van der Waals surface area contributed by atoms with Crippen molar-refractivity contribution >= 4 is 23.5 Å². The Morgan fingerprint density at radius 2 is 1.97 bits per heavy atom. The molecule has 0 unspecified atom stereocenters. The molecule has 1 saturated heterocycles. The molecule has 2 heterocycles. The highest BCUT2D eigenvalue weighted by atomic mass is 32.2. The van der Waals surface area contributed by atoms with Gasteiger partial charge in [-0.3, -0.25) is 4.79 Å². The molecular formula is C23H34N5OS+. The molecule has 1 fully saturated rings. The second-order valence-corrected chi connectivity index (χ2v) is 9.00. The van der Waals surface area contributed by atoms with Crippen LogP contribution in [-0.2, 0) is 12.2 Å². The van der Waals surface area contributed by atoms with Crippen LogP contribution in [0.4, 0.5) is 5.82 Å². The molecule has 1 aliphatic rings. The number of benzene rings is 1. The Morgan fingerprint density at radius 3 is 2.63 bits per heavy atom. The van der Waals surface area contributed by atoms with Crippen LogP contribution in [0.3, 0.4) is 0 Å². The summed E-state index contributed by atoms with van der Waals surface area (Å²) in [6, 6.07) is 10.1. The van der Waals surface area contributed by atoms with Gasteiger partial charge in [-0.25, -0.2) is 9.97 Å². The van der Waals surface area contributed by atoms with Crippen molar-refractivity contribution < 1.29 is 9.69 Å². The van der Waals surface area contributed by atoms with Crippen LogP contribution in [0.1, 0.15) is 49.3 Å². The summed E-state index contributed by atoms with van der Waals surface area (Å²) in [5.41, 5.74) is 2.88. The molecule has 3 rings (SSSR count). The van der Waals surface area contributed by atoms with Crippen LogP contribution >= 0.6 is 11.8 Å². The number of rotatable bonds is 8. The van der Waals surface area contributed by atoms with E-state index in [2.05, 4.69) is 36.2 Å². The molecule has 1 aromatic heterocycles. The van der Waals surface area contributed by atoms with E-state index in [4.69, 9.17) is 9.97 Å². The third-order valence-electron chi connectivity index (χ3n) is 5.38. The minimum atomic E-state index is -0.0308. The maximum atomic E-state index is 12.3. The van der Waals surface area contributed by atoms with Gasteiger partial charge in [-0.2, -0.15) is 0 Å². The number of piperazine rings is 1. The van der Waals surface area contributed by atoms with Crippen LogP contribution in [0.15, 0.2) is 35.5 Å². The molecule has 1 amide bonds. The minimum absolute atomic E-state index is 0.0308. The van der Waals surface area contributed by atoms with Crippen molar-refractivity contribution in [3.05, 3.63) is 47.2 Å². The monoisotopic (exact) mass is 428 g/mol. The molecule has 6 nitrogen and oxygen atoms in total. The zero-order chi connectivity index (χ0) is 21.5. The number of likely N-dealkylation sites (N-methyl/N-ethyl adjacent to an activating group) is 1. The smallest absolute Gasteiger partial charge is 0.251 e. The molecule has 0 saturated carbocycles. The van der Waals surface area contributed by atoms with Crippen LogP contribution in [-0.4, -0.2) is 54.6 Å². The molecule has 0 atom stereocenters. The molecule has 0 radical (unpaired) electrons. The van der Waals surface area contributed by atoms with Gasteiger partial charge in [0.15, 0.2) is 5.16 Å². The average molecular weight is 429 g/mol. The van der Waals surface area contributed by atoms with Gasteiger partial charge in [0.2, 0.25) is 0 Å². The largest absolute Gasteiger partial charge is 0.350 e. The quantitative estimate of drug-likeness (QED) is 0.499. The van der Waals surface area contributed by atoms with E-state index >= 15 is 0 Å². The lowest BCUT2D eigenvalue weighted by molar-refractivity contribution is -0.898. The van der Waals surface area contributed by atoms with E-state index in [0.29, 0.717) is 5.56 Å². The van der Waals surface area contributed by atoms with Gasteiger partial charge in [0.25, 0.3) is 5.91 Å². The lowest BCUT2D eigenvalue weighted by Gasteiger charge is -2.32. The number of aromatic nitrogens is 2. The van der Waals surface area contributed by atoms with Crippen molar-refractivity contribution in [1.82, 2.24) is 15.3 Å². The Bertz CT molecular complexity index is 849. The predicted molar refractivity (Wildman–Crippen MR) is 123 cm³/mol. The summed E-state index contributed by atoms with van der Waals surface area (Å²) < 4.78 is 0. The Morgan fingerprint density at radius 1 is 1.20 bits per heavy atom. The standard InChI is InChI=1S/C23H33N5OS/c1-5-20-15-21(28-12-10-27(6-2)11-13-28)26-23(25-20)30-16-18-8-7-9-19(14-18)22(29)24-17(3)4/h7-9,14-15,17H,5-6,10-13,16H2,1-4H3,(H,24,29)/p+1. The van der Waals surface area contributed by atoms with E-state index in [-0.39, 0.29) is 11.9 Å². The fraction of sp³-hybridized carbons (Fsp3) is 0.522. The first-order valence-corrected chi connectivity index (χ1v) is 12.0. The maximum Gasteiger partial charge on any atom is 0.251 e. The summed E-state index contributed by atoms with van der Waals surface area (Å²) in [6.45, 7) is 13.9. The number of nitrogens with zero attached hydrogens (tertiary/aromatic N) is 3. The first kappa shape index (κ1) is 22.6. The van der Waals surface area contributed by atoms with Crippen molar-refractivity contribution in [3.63, 3.8) is 0 Å². The molecule has 2 aromatic rings. The van der Waals surface area contributed by atoms with Gasteiger partial charge < -0.3 is 15.1 Å². The molecule has 162 valence electrons. The number of quaternary nitrogens is 1. The lowest BCUT2D eigenvalue weighted by Crippen LogP contribution is -3.14. The molecule has 0 bridgehead atoms. The number of hydrogen-bond donors (Lipinski definition) is 2. The van der Waals surface area contributed by atoms with E-state index in [9.17, 15) is 4.79 Å². The molecule has 0 aliphatic carbocycles. The highest BCUT2D eigenvalue weighted by Gasteiger charge is 2.20. The molecular weight excluding hydrogens is 394 g/mol. The molecule has 1 aliphatic heterocycles. The summed E-state index contributed by atoms with van der Waals surface area (Å²) in [7, 11) is 0. The van der Waals surface area contributed by atoms with Crippen LogP contribution in [0.2, 0.25) is 0 Å². The number of carbonyl (C=O) groups excluding carboxylic acids is 1. The molecule has 1 aromatic carbocycles. The van der Waals surface area contributed by atoms with Crippen molar-refractivity contribution in [1.29, 1.82) is 0 Å². The maximum absolute atomic E-state index is 12.3. The summed E-state index contributed by atoms with van der Waals surface area (Å²) in [5, 5.41) is 3.76. The van der Waals surface area contributed by atoms with Gasteiger partial charge in [0.05, 0.1) is 32.7 Å². The van der Waals surface area contributed by atoms with Crippen molar-refractivity contribution in [2.24, 2.45) is 0 Å². The fourth-order valence-corrected chi connectivity index (χ4v) is 4.38. The number of hydrogen-bond acceptors (Lipinski definition) is 5. The molecule has 2 N–H and O–H groups in total. The van der Waals surface area contributed by atoms with Gasteiger partial charge >= 0.3 is 0 Å². The number of amides is 1. The topological polar surface area (TPSA) is 62.6 Å². The van der Waals surface area contributed by atoms with Gasteiger partial charge in [0, 0.05) is 29.1 Å². The van der Waals surface area contributed by atoms with E-state index in [0.717, 1.165) is 60.6 Å². The number of anilines is 1. The van der Waals surface area contributed by atoms with E-state index in [1.165, 1.54) is 6.54 Å². The number of aryl methyl sites for hydroxylation is 1. The van der Waals surface area contributed by atoms with Gasteiger partial charge in [-0.15, -0.1) is 0 Å². The second-order valence-electron chi connectivity index (χ2n) is 8.06. The third-order valence-corrected chi connectivity index (χ3v) is 6.30. The van der Waals surface area contributed by atoms with Gasteiger partial charge in [0.1, 0.15) is 5.82 Å². The fourth-order valence-electron chi connectivity index (χ4n) is 3.57. The van der Waals surface area contributed by atoms with Crippen LogP contribution < -0.4 is 15.1 Å². The molecule has 30 heavy (non-hydrogen) atoms. The summed E-state index contributed by atoms with van der Waals surface area (Å²) in [6.07, 6.45) is 0.897. The first-order chi connectivity index (χ1) is 14.5. The second kappa shape index (κ2) is 10.8.